The molecule has 1 amide bonds. The third kappa shape index (κ3) is 2.27. The van der Waals surface area contributed by atoms with Gasteiger partial charge in [0.2, 0.25) is 5.91 Å². The second-order valence-corrected chi connectivity index (χ2v) is 5.91. The SMILES string of the molecule is CN(CC(=O)N1CCCC1)c1nc2sccn2c1CO. The molecule has 1 N–H and O–H groups in total. The number of fused-ring (bicyclic) bond motifs is 1. The molecule has 3 heterocycles. The van der Waals surface area contributed by atoms with Crippen LogP contribution in [0, 0.1) is 0 Å². The van der Waals surface area contributed by atoms with Crippen LogP contribution in [-0.2, 0) is 11.4 Å². The molecular formula is C13H18N4O2S. The monoisotopic (exact) mass is 294 g/mol. The number of amides is 1. The number of aliphatic hydroxyl groups is 1. The van der Waals surface area contributed by atoms with E-state index in [9.17, 15) is 9.90 Å². The fourth-order valence-corrected chi connectivity index (χ4v) is 3.35. The molecular weight excluding hydrogens is 276 g/mol. The summed E-state index contributed by atoms with van der Waals surface area (Å²) >= 11 is 1.52. The zero-order chi connectivity index (χ0) is 14.1. The summed E-state index contributed by atoms with van der Waals surface area (Å²) in [6.45, 7) is 1.93. The Balaban J connectivity index is 1.79. The number of anilines is 1. The van der Waals surface area contributed by atoms with Crippen molar-refractivity contribution in [3.05, 3.63) is 17.3 Å². The molecule has 7 heteroatoms. The smallest absolute Gasteiger partial charge is 0.242 e. The number of rotatable bonds is 4. The first kappa shape index (κ1) is 13.4. The number of carbonyl (C=O) groups excluding carboxylic acids is 1. The van der Waals surface area contributed by atoms with Gasteiger partial charge in [-0.2, -0.15) is 0 Å². The van der Waals surface area contributed by atoms with E-state index in [1.807, 2.05) is 32.8 Å². The van der Waals surface area contributed by atoms with Crippen molar-refractivity contribution >= 4 is 28.0 Å². The molecule has 0 aliphatic carbocycles. The number of hydrogen-bond acceptors (Lipinski definition) is 5. The molecule has 2 aromatic heterocycles. The van der Waals surface area contributed by atoms with Crippen molar-refractivity contribution in [3.63, 3.8) is 0 Å². The van der Waals surface area contributed by atoms with E-state index in [1.54, 1.807) is 0 Å². The minimum absolute atomic E-state index is 0.0878. The molecule has 0 radical (unpaired) electrons. The van der Waals surface area contributed by atoms with Gasteiger partial charge in [0.25, 0.3) is 0 Å². The first-order valence-corrected chi connectivity index (χ1v) is 7.63. The Kier molecular flexibility index (Phi) is 3.62. The van der Waals surface area contributed by atoms with Gasteiger partial charge in [-0.15, -0.1) is 11.3 Å². The predicted molar refractivity (Wildman–Crippen MR) is 78.1 cm³/mol. The van der Waals surface area contributed by atoms with E-state index in [-0.39, 0.29) is 12.5 Å². The number of hydrogen-bond donors (Lipinski definition) is 1. The van der Waals surface area contributed by atoms with Gasteiger partial charge in [-0.3, -0.25) is 9.20 Å². The van der Waals surface area contributed by atoms with Gasteiger partial charge in [-0.05, 0) is 12.8 Å². The van der Waals surface area contributed by atoms with Crippen LogP contribution in [-0.4, -0.2) is 52.0 Å². The van der Waals surface area contributed by atoms with Gasteiger partial charge in [0.05, 0.1) is 18.8 Å². The molecule has 1 saturated heterocycles. The van der Waals surface area contributed by atoms with E-state index < -0.39 is 0 Å². The lowest BCUT2D eigenvalue weighted by Crippen LogP contribution is -2.37. The van der Waals surface area contributed by atoms with Crippen molar-refractivity contribution in [3.8, 4) is 0 Å². The molecule has 3 rings (SSSR count). The quantitative estimate of drug-likeness (QED) is 0.912. The molecule has 20 heavy (non-hydrogen) atoms. The van der Waals surface area contributed by atoms with E-state index in [1.165, 1.54) is 11.3 Å². The van der Waals surface area contributed by atoms with Crippen molar-refractivity contribution in [2.75, 3.05) is 31.6 Å². The van der Waals surface area contributed by atoms with E-state index in [2.05, 4.69) is 4.98 Å². The lowest BCUT2D eigenvalue weighted by molar-refractivity contribution is -0.128. The van der Waals surface area contributed by atoms with Crippen LogP contribution >= 0.6 is 11.3 Å². The molecule has 1 aliphatic heterocycles. The molecule has 1 aliphatic rings. The topological polar surface area (TPSA) is 61.1 Å². The molecule has 0 bridgehead atoms. The highest BCUT2D eigenvalue weighted by atomic mass is 32.1. The summed E-state index contributed by atoms with van der Waals surface area (Å²) in [6.07, 6.45) is 4.08. The van der Waals surface area contributed by atoms with Gasteiger partial charge >= 0.3 is 0 Å². The van der Waals surface area contributed by atoms with E-state index in [4.69, 9.17) is 0 Å². The summed E-state index contributed by atoms with van der Waals surface area (Å²) in [7, 11) is 1.85. The molecule has 0 unspecified atom stereocenters. The van der Waals surface area contributed by atoms with Gasteiger partial charge in [-0.1, -0.05) is 0 Å². The number of aliphatic hydroxyl groups excluding tert-OH is 1. The normalized spacial score (nSPS) is 15.2. The van der Waals surface area contributed by atoms with Crippen LogP contribution in [0.1, 0.15) is 18.5 Å². The Hall–Kier alpha value is -1.60. The Bertz CT molecular complexity index is 615. The molecule has 6 nitrogen and oxygen atoms in total. The van der Waals surface area contributed by atoms with Crippen molar-refractivity contribution in [1.82, 2.24) is 14.3 Å². The van der Waals surface area contributed by atoms with Gasteiger partial charge in [0, 0.05) is 31.7 Å². The van der Waals surface area contributed by atoms with Crippen molar-refractivity contribution in [1.29, 1.82) is 0 Å². The van der Waals surface area contributed by atoms with Crippen LogP contribution in [0.25, 0.3) is 4.96 Å². The molecule has 108 valence electrons. The van der Waals surface area contributed by atoms with Crippen LogP contribution in [0.15, 0.2) is 11.6 Å². The maximum atomic E-state index is 12.2. The van der Waals surface area contributed by atoms with Crippen molar-refractivity contribution in [2.24, 2.45) is 0 Å². The van der Waals surface area contributed by atoms with Crippen LogP contribution < -0.4 is 4.90 Å². The lowest BCUT2D eigenvalue weighted by atomic mass is 10.4. The number of carbonyl (C=O) groups is 1. The van der Waals surface area contributed by atoms with Gasteiger partial charge in [-0.25, -0.2) is 4.98 Å². The third-order valence-electron chi connectivity index (χ3n) is 3.68. The minimum Gasteiger partial charge on any atom is -0.390 e. The average Bonchev–Trinajstić information content (AvgIpc) is 3.14. The molecule has 1 fully saturated rings. The van der Waals surface area contributed by atoms with Gasteiger partial charge < -0.3 is 14.9 Å². The van der Waals surface area contributed by atoms with Crippen LogP contribution in [0.3, 0.4) is 0 Å². The molecule has 0 saturated carbocycles. The number of nitrogens with zero attached hydrogens (tertiary/aromatic N) is 4. The molecule has 2 aromatic rings. The standard InChI is InChI=1S/C13H18N4O2S/c1-15(8-11(19)16-4-2-3-5-16)12-10(9-18)17-6-7-20-13(17)14-12/h6-7,18H,2-5,8-9H2,1H3. The Morgan fingerprint density at radius 2 is 2.25 bits per heavy atom. The number of likely N-dealkylation sites (N-methyl/N-ethyl adjacent to an activating group) is 1. The van der Waals surface area contributed by atoms with E-state index in [0.29, 0.717) is 12.4 Å². The molecule has 0 atom stereocenters. The number of thiazole rings is 1. The number of imidazole rings is 1. The minimum atomic E-state index is -0.0878. The lowest BCUT2D eigenvalue weighted by Gasteiger charge is -2.21. The molecule has 0 spiro atoms. The maximum Gasteiger partial charge on any atom is 0.242 e. The predicted octanol–water partition coefficient (Wildman–Crippen LogP) is 0.947. The zero-order valence-corrected chi connectivity index (χ0v) is 12.3. The molecule has 0 aromatic carbocycles. The fraction of sp³-hybridized carbons (Fsp3) is 0.538. The first-order chi connectivity index (χ1) is 9.70. The van der Waals surface area contributed by atoms with Crippen LogP contribution in [0.5, 0.6) is 0 Å². The maximum absolute atomic E-state index is 12.2. The second kappa shape index (κ2) is 5.41. The van der Waals surface area contributed by atoms with Crippen LogP contribution in [0.4, 0.5) is 5.82 Å². The summed E-state index contributed by atoms with van der Waals surface area (Å²) in [4.78, 5) is 21.2. The average molecular weight is 294 g/mol. The van der Waals surface area contributed by atoms with E-state index >= 15 is 0 Å². The highest BCUT2D eigenvalue weighted by Crippen LogP contribution is 2.24. The van der Waals surface area contributed by atoms with E-state index in [0.717, 1.165) is 36.6 Å². The summed E-state index contributed by atoms with van der Waals surface area (Å²) < 4.78 is 1.87. The highest BCUT2D eigenvalue weighted by molar-refractivity contribution is 7.15. The Morgan fingerprint density at radius 3 is 2.95 bits per heavy atom. The summed E-state index contributed by atoms with van der Waals surface area (Å²) in [5.74, 6) is 0.817. The Labute approximate surface area is 121 Å². The summed E-state index contributed by atoms with van der Waals surface area (Å²) in [6, 6.07) is 0. The van der Waals surface area contributed by atoms with Crippen molar-refractivity contribution in [2.45, 2.75) is 19.4 Å². The second-order valence-electron chi connectivity index (χ2n) is 5.04. The van der Waals surface area contributed by atoms with Gasteiger partial charge in [0.15, 0.2) is 10.8 Å². The summed E-state index contributed by atoms with van der Waals surface area (Å²) in [5, 5.41) is 11.5. The Morgan fingerprint density at radius 1 is 1.50 bits per heavy atom. The first-order valence-electron chi connectivity index (χ1n) is 6.75. The highest BCUT2D eigenvalue weighted by Gasteiger charge is 2.22. The third-order valence-corrected chi connectivity index (χ3v) is 4.44. The van der Waals surface area contributed by atoms with Gasteiger partial charge in [0.1, 0.15) is 0 Å². The number of aromatic nitrogens is 2. The fourth-order valence-electron chi connectivity index (χ4n) is 2.62. The van der Waals surface area contributed by atoms with Crippen molar-refractivity contribution < 1.29 is 9.90 Å². The van der Waals surface area contributed by atoms with Crippen LogP contribution in [0.2, 0.25) is 0 Å². The largest absolute Gasteiger partial charge is 0.390 e. The number of likely N-dealkylation sites (tertiary alicyclic amines) is 1. The summed E-state index contributed by atoms with van der Waals surface area (Å²) in [5.41, 5.74) is 0.734. The zero-order valence-electron chi connectivity index (χ0n) is 11.4.